The van der Waals surface area contributed by atoms with Crippen molar-refractivity contribution in [3.05, 3.63) is 36.7 Å². The third-order valence-corrected chi connectivity index (χ3v) is 5.67. The van der Waals surface area contributed by atoms with E-state index in [4.69, 9.17) is 11.6 Å². The lowest BCUT2D eigenvalue weighted by atomic mass is 9.94. The summed E-state index contributed by atoms with van der Waals surface area (Å²) in [7, 11) is 0. The zero-order valence-corrected chi connectivity index (χ0v) is 16.7. The molecule has 3 aromatic rings. The number of benzene rings is 1. The van der Waals surface area contributed by atoms with Gasteiger partial charge in [0, 0.05) is 32.1 Å². The maximum absolute atomic E-state index is 12.6. The molecule has 1 saturated heterocycles. The number of carbonyl (C=O) groups excluding carboxylic acids is 1. The van der Waals surface area contributed by atoms with Gasteiger partial charge in [-0.3, -0.25) is 4.79 Å². The van der Waals surface area contributed by atoms with E-state index in [1.54, 1.807) is 4.68 Å². The fourth-order valence-electron chi connectivity index (χ4n) is 3.32. The van der Waals surface area contributed by atoms with Gasteiger partial charge in [-0.2, -0.15) is 4.68 Å². The SMILES string of the molecule is CC(C)(CCl)C(=O)N1CCN(c2ncnc3c2nnn3-c2ccccc2)CC1. The molecule has 1 amide bonds. The Balaban J connectivity index is 1.57. The largest absolute Gasteiger partial charge is 0.351 e. The van der Waals surface area contributed by atoms with Crippen molar-refractivity contribution in [1.82, 2.24) is 29.9 Å². The highest BCUT2D eigenvalue weighted by Gasteiger charge is 2.33. The van der Waals surface area contributed by atoms with Gasteiger partial charge in [-0.1, -0.05) is 23.4 Å². The van der Waals surface area contributed by atoms with Crippen molar-refractivity contribution >= 4 is 34.5 Å². The van der Waals surface area contributed by atoms with Gasteiger partial charge in [0.1, 0.15) is 6.33 Å². The number of hydrogen-bond donors (Lipinski definition) is 0. The molecule has 1 aliphatic rings. The van der Waals surface area contributed by atoms with E-state index in [0.717, 1.165) is 11.5 Å². The van der Waals surface area contributed by atoms with Crippen molar-refractivity contribution in [3.8, 4) is 5.69 Å². The average Bonchev–Trinajstić information content (AvgIpc) is 3.18. The van der Waals surface area contributed by atoms with Crippen molar-refractivity contribution in [3.63, 3.8) is 0 Å². The van der Waals surface area contributed by atoms with Crippen LogP contribution in [0.1, 0.15) is 13.8 Å². The topological polar surface area (TPSA) is 80.0 Å². The first-order chi connectivity index (χ1) is 13.5. The zero-order valence-electron chi connectivity index (χ0n) is 15.9. The summed E-state index contributed by atoms with van der Waals surface area (Å²) in [4.78, 5) is 25.5. The summed E-state index contributed by atoms with van der Waals surface area (Å²) in [6.45, 7) is 6.35. The van der Waals surface area contributed by atoms with Gasteiger partial charge < -0.3 is 9.80 Å². The summed E-state index contributed by atoms with van der Waals surface area (Å²) in [5.41, 5.74) is 1.67. The Labute approximate surface area is 168 Å². The highest BCUT2D eigenvalue weighted by Crippen LogP contribution is 2.25. The van der Waals surface area contributed by atoms with Crippen LogP contribution >= 0.6 is 11.6 Å². The summed E-state index contributed by atoms with van der Waals surface area (Å²) in [5, 5.41) is 8.59. The smallest absolute Gasteiger partial charge is 0.229 e. The number of rotatable bonds is 4. The van der Waals surface area contributed by atoms with E-state index in [9.17, 15) is 4.79 Å². The molecule has 0 aliphatic carbocycles. The summed E-state index contributed by atoms with van der Waals surface area (Å²) >= 11 is 5.96. The summed E-state index contributed by atoms with van der Waals surface area (Å²) in [5.74, 6) is 1.14. The number of para-hydroxylation sites is 1. The molecule has 8 nitrogen and oxygen atoms in total. The Kier molecular flexibility index (Phi) is 4.89. The number of alkyl halides is 1. The molecule has 28 heavy (non-hydrogen) atoms. The first kappa shape index (κ1) is 18.6. The third-order valence-electron chi connectivity index (χ3n) is 5.00. The number of piperazine rings is 1. The van der Waals surface area contributed by atoms with E-state index in [1.165, 1.54) is 6.33 Å². The molecule has 2 aromatic heterocycles. The third kappa shape index (κ3) is 3.28. The van der Waals surface area contributed by atoms with Gasteiger partial charge in [0.05, 0.1) is 11.1 Å². The van der Waals surface area contributed by atoms with Crippen LogP contribution in [0.5, 0.6) is 0 Å². The minimum Gasteiger partial charge on any atom is -0.351 e. The van der Waals surface area contributed by atoms with E-state index in [1.807, 2.05) is 49.1 Å². The van der Waals surface area contributed by atoms with Gasteiger partial charge in [-0.05, 0) is 26.0 Å². The van der Waals surface area contributed by atoms with Gasteiger partial charge in [-0.15, -0.1) is 16.7 Å². The lowest BCUT2D eigenvalue weighted by Gasteiger charge is -2.38. The molecule has 0 radical (unpaired) electrons. The Bertz CT molecular complexity index is 980. The molecule has 0 bridgehead atoms. The van der Waals surface area contributed by atoms with Crippen LogP contribution in [0.3, 0.4) is 0 Å². The van der Waals surface area contributed by atoms with E-state index in [0.29, 0.717) is 43.2 Å². The molecular formula is C19H22ClN7O. The van der Waals surface area contributed by atoms with Crippen molar-refractivity contribution in [2.45, 2.75) is 13.8 Å². The number of hydrogen-bond acceptors (Lipinski definition) is 6. The summed E-state index contributed by atoms with van der Waals surface area (Å²) < 4.78 is 1.71. The molecule has 3 heterocycles. The lowest BCUT2D eigenvalue weighted by Crippen LogP contribution is -2.52. The van der Waals surface area contributed by atoms with Gasteiger partial charge in [0.2, 0.25) is 5.91 Å². The molecular weight excluding hydrogens is 378 g/mol. The number of carbonyl (C=O) groups is 1. The van der Waals surface area contributed by atoms with Crippen molar-refractivity contribution < 1.29 is 4.79 Å². The van der Waals surface area contributed by atoms with E-state index in [2.05, 4.69) is 25.2 Å². The van der Waals surface area contributed by atoms with Crippen molar-refractivity contribution in [2.24, 2.45) is 5.41 Å². The Hall–Kier alpha value is -2.74. The summed E-state index contributed by atoms with van der Waals surface area (Å²) in [6.07, 6.45) is 1.54. The van der Waals surface area contributed by atoms with Crippen LogP contribution in [0, 0.1) is 5.41 Å². The minimum atomic E-state index is -0.551. The van der Waals surface area contributed by atoms with E-state index < -0.39 is 5.41 Å². The molecule has 0 N–H and O–H groups in total. The van der Waals surface area contributed by atoms with Crippen LogP contribution in [0.2, 0.25) is 0 Å². The van der Waals surface area contributed by atoms with Gasteiger partial charge in [0.25, 0.3) is 0 Å². The van der Waals surface area contributed by atoms with Gasteiger partial charge in [-0.25, -0.2) is 9.97 Å². The summed E-state index contributed by atoms with van der Waals surface area (Å²) in [6, 6.07) is 9.76. The zero-order chi connectivity index (χ0) is 19.7. The Morgan fingerprint density at radius 1 is 1.11 bits per heavy atom. The fraction of sp³-hybridized carbons (Fsp3) is 0.421. The predicted octanol–water partition coefficient (Wildman–Crippen LogP) is 2.12. The molecule has 1 aromatic carbocycles. The molecule has 146 valence electrons. The minimum absolute atomic E-state index is 0.0880. The average molecular weight is 400 g/mol. The normalized spacial score (nSPS) is 15.2. The second-order valence-corrected chi connectivity index (χ2v) is 7.77. The van der Waals surface area contributed by atoms with Crippen LogP contribution < -0.4 is 4.90 Å². The van der Waals surface area contributed by atoms with Crippen LogP contribution in [-0.4, -0.2) is 67.8 Å². The second kappa shape index (κ2) is 7.35. The van der Waals surface area contributed by atoms with Gasteiger partial charge in [0.15, 0.2) is 17.0 Å². The number of nitrogens with zero attached hydrogens (tertiary/aromatic N) is 7. The Morgan fingerprint density at radius 3 is 2.50 bits per heavy atom. The standard InChI is InChI=1S/C19H22ClN7O/c1-19(2,12-20)18(28)26-10-8-25(9-11-26)16-15-17(22-13-21-16)27(24-23-15)14-6-4-3-5-7-14/h3-7,13H,8-12H2,1-2H3. The van der Waals surface area contributed by atoms with Crippen LogP contribution in [0.4, 0.5) is 5.82 Å². The highest BCUT2D eigenvalue weighted by molar-refractivity contribution is 6.19. The number of anilines is 1. The van der Waals surface area contributed by atoms with Gasteiger partial charge >= 0.3 is 0 Å². The molecule has 4 rings (SSSR count). The monoisotopic (exact) mass is 399 g/mol. The number of amides is 1. The van der Waals surface area contributed by atoms with E-state index in [-0.39, 0.29) is 5.91 Å². The molecule has 0 saturated carbocycles. The quantitative estimate of drug-likeness (QED) is 0.625. The predicted molar refractivity (Wildman–Crippen MR) is 108 cm³/mol. The number of fused-ring (bicyclic) bond motifs is 1. The van der Waals surface area contributed by atoms with Crippen molar-refractivity contribution in [2.75, 3.05) is 37.0 Å². The number of aromatic nitrogens is 5. The molecule has 0 spiro atoms. The highest BCUT2D eigenvalue weighted by atomic mass is 35.5. The molecule has 0 atom stereocenters. The van der Waals surface area contributed by atoms with Crippen LogP contribution in [-0.2, 0) is 4.79 Å². The maximum Gasteiger partial charge on any atom is 0.229 e. The molecule has 1 fully saturated rings. The first-order valence-corrected chi connectivity index (χ1v) is 9.77. The van der Waals surface area contributed by atoms with E-state index >= 15 is 0 Å². The van der Waals surface area contributed by atoms with Crippen LogP contribution in [0.25, 0.3) is 16.9 Å². The molecule has 1 aliphatic heterocycles. The number of halogens is 1. The van der Waals surface area contributed by atoms with Crippen LogP contribution in [0.15, 0.2) is 36.7 Å². The molecule has 0 unspecified atom stereocenters. The Morgan fingerprint density at radius 2 is 1.82 bits per heavy atom. The first-order valence-electron chi connectivity index (χ1n) is 9.23. The second-order valence-electron chi connectivity index (χ2n) is 7.50. The fourth-order valence-corrected chi connectivity index (χ4v) is 3.43. The maximum atomic E-state index is 12.6. The molecule has 9 heteroatoms. The van der Waals surface area contributed by atoms with Crippen molar-refractivity contribution in [1.29, 1.82) is 0 Å². The lowest BCUT2D eigenvalue weighted by molar-refractivity contribution is -0.139.